The zero-order valence-corrected chi connectivity index (χ0v) is 12.5. The summed E-state index contributed by atoms with van der Waals surface area (Å²) in [6, 6.07) is 0. The smallest absolute Gasteiger partial charge is 0.0328 e. The molecule has 0 spiro atoms. The Balaban J connectivity index is 2.33. The van der Waals surface area contributed by atoms with Gasteiger partial charge in [0.2, 0.25) is 0 Å². The highest BCUT2D eigenvalue weighted by atomic mass is 15.2. The Bertz CT molecular complexity index is 208. The van der Waals surface area contributed by atoms with Gasteiger partial charge in [-0.2, -0.15) is 0 Å². The molecule has 18 heavy (non-hydrogen) atoms. The summed E-state index contributed by atoms with van der Waals surface area (Å²) >= 11 is 0. The Morgan fingerprint density at radius 1 is 1.17 bits per heavy atom. The first-order valence-electron chi connectivity index (χ1n) is 7.59. The van der Waals surface area contributed by atoms with Gasteiger partial charge in [0, 0.05) is 25.2 Å². The normalized spacial score (nSPS) is 20.5. The van der Waals surface area contributed by atoms with E-state index < -0.39 is 0 Å². The molecule has 0 amide bonds. The lowest BCUT2D eigenvalue weighted by molar-refractivity contribution is 0.140. The molecule has 4 heteroatoms. The molecule has 4 nitrogen and oxygen atoms in total. The Hall–Kier alpha value is -0.160. The maximum Gasteiger partial charge on any atom is 0.0328 e. The van der Waals surface area contributed by atoms with Crippen molar-refractivity contribution < 1.29 is 0 Å². The Kier molecular flexibility index (Phi) is 7.15. The van der Waals surface area contributed by atoms with E-state index in [0.29, 0.717) is 0 Å². The van der Waals surface area contributed by atoms with Crippen LogP contribution in [0.4, 0.5) is 0 Å². The summed E-state index contributed by atoms with van der Waals surface area (Å²) in [6.07, 6.45) is 2.38. The third-order valence-electron chi connectivity index (χ3n) is 4.47. The van der Waals surface area contributed by atoms with E-state index in [4.69, 9.17) is 5.73 Å². The first-order valence-corrected chi connectivity index (χ1v) is 7.59. The quantitative estimate of drug-likeness (QED) is 0.672. The van der Waals surface area contributed by atoms with Gasteiger partial charge >= 0.3 is 0 Å². The van der Waals surface area contributed by atoms with Crippen molar-refractivity contribution in [1.82, 2.24) is 15.1 Å². The molecule has 0 aromatic heterocycles. The summed E-state index contributed by atoms with van der Waals surface area (Å²) in [5.41, 5.74) is 6.21. The van der Waals surface area contributed by atoms with Crippen LogP contribution in [0.3, 0.4) is 0 Å². The van der Waals surface area contributed by atoms with E-state index in [-0.39, 0.29) is 5.54 Å². The molecule has 0 atom stereocenters. The van der Waals surface area contributed by atoms with Gasteiger partial charge in [-0.15, -0.1) is 0 Å². The lowest BCUT2D eigenvalue weighted by Crippen LogP contribution is -2.58. The predicted octanol–water partition coefficient (Wildman–Crippen LogP) is 0.731. The molecular weight excluding hydrogens is 224 g/mol. The topological polar surface area (TPSA) is 44.5 Å². The van der Waals surface area contributed by atoms with E-state index in [2.05, 4.69) is 35.9 Å². The number of piperidine rings is 1. The van der Waals surface area contributed by atoms with Gasteiger partial charge in [0.1, 0.15) is 0 Å². The van der Waals surface area contributed by atoms with Crippen LogP contribution in [-0.4, -0.2) is 67.7 Å². The molecule has 1 heterocycles. The van der Waals surface area contributed by atoms with Crippen LogP contribution in [0.5, 0.6) is 0 Å². The van der Waals surface area contributed by atoms with Crippen LogP contribution in [-0.2, 0) is 0 Å². The highest BCUT2D eigenvalue weighted by molar-refractivity contribution is 4.94. The Morgan fingerprint density at radius 3 is 2.22 bits per heavy atom. The molecule has 1 rings (SSSR count). The maximum atomic E-state index is 6.01. The molecule has 0 aliphatic carbocycles. The largest absolute Gasteiger partial charge is 0.329 e. The maximum absolute atomic E-state index is 6.01. The van der Waals surface area contributed by atoms with E-state index in [1.165, 1.54) is 32.5 Å². The molecule has 1 saturated heterocycles. The second kappa shape index (κ2) is 8.10. The molecule has 0 aromatic carbocycles. The van der Waals surface area contributed by atoms with Gasteiger partial charge in [-0.05, 0) is 45.6 Å². The van der Waals surface area contributed by atoms with Gasteiger partial charge in [0.15, 0.2) is 0 Å². The zero-order valence-electron chi connectivity index (χ0n) is 12.5. The number of hydrogen-bond donors (Lipinski definition) is 2. The summed E-state index contributed by atoms with van der Waals surface area (Å²) in [5.74, 6) is 0. The number of nitrogens with one attached hydrogen (secondary N) is 1. The van der Waals surface area contributed by atoms with Crippen molar-refractivity contribution >= 4 is 0 Å². The molecule has 1 aliphatic heterocycles. The van der Waals surface area contributed by atoms with Crippen molar-refractivity contribution in [2.24, 2.45) is 5.73 Å². The van der Waals surface area contributed by atoms with Crippen LogP contribution in [0.2, 0.25) is 0 Å². The summed E-state index contributed by atoms with van der Waals surface area (Å²) in [6.45, 7) is 15.5. The zero-order chi connectivity index (χ0) is 13.4. The molecule has 0 aromatic rings. The van der Waals surface area contributed by atoms with Crippen molar-refractivity contribution in [1.29, 1.82) is 0 Å². The third kappa shape index (κ3) is 4.50. The van der Waals surface area contributed by atoms with E-state index in [1.54, 1.807) is 0 Å². The van der Waals surface area contributed by atoms with Crippen LogP contribution < -0.4 is 11.1 Å². The van der Waals surface area contributed by atoms with Crippen LogP contribution in [0.15, 0.2) is 0 Å². The first kappa shape index (κ1) is 15.9. The van der Waals surface area contributed by atoms with E-state index in [0.717, 1.165) is 32.7 Å². The SMILES string of the molecule is CCN(CC)CCNC1(CN)CCN(CC)CC1. The fraction of sp³-hybridized carbons (Fsp3) is 1.00. The van der Waals surface area contributed by atoms with Crippen LogP contribution >= 0.6 is 0 Å². The van der Waals surface area contributed by atoms with Gasteiger partial charge in [0.25, 0.3) is 0 Å². The number of nitrogens with two attached hydrogens (primary N) is 1. The molecule has 1 fully saturated rings. The minimum Gasteiger partial charge on any atom is -0.329 e. The highest BCUT2D eigenvalue weighted by Crippen LogP contribution is 2.20. The van der Waals surface area contributed by atoms with E-state index >= 15 is 0 Å². The van der Waals surface area contributed by atoms with Crippen molar-refractivity contribution in [3.63, 3.8) is 0 Å². The minimum absolute atomic E-state index is 0.193. The van der Waals surface area contributed by atoms with Gasteiger partial charge in [-0.3, -0.25) is 0 Å². The number of rotatable bonds is 8. The van der Waals surface area contributed by atoms with E-state index in [9.17, 15) is 0 Å². The summed E-state index contributed by atoms with van der Waals surface area (Å²) in [5, 5.41) is 3.74. The minimum atomic E-state index is 0.193. The van der Waals surface area contributed by atoms with Gasteiger partial charge < -0.3 is 20.9 Å². The van der Waals surface area contributed by atoms with Gasteiger partial charge in [-0.1, -0.05) is 20.8 Å². The third-order valence-corrected chi connectivity index (χ3v) is 4.47. The van der Waals surface area contributed by atoms with Crippen LogP contribution in [0.1, 0.15) is 33.6 Å². The molecule has 0 radical (unpaired) electrons. The van der Waals surface area contributed by atoms with Gasteiger partial charge in [-0.25, -0.2) is 0 Å². The van der Waals surface area contributed by atoms with Crippen molar-refractivity contribution in [2.75, 3.05) is 52.4 Å². The molecule has 0 bridgehead atoms. The first-order chi connectivity index (χ1) is 8.69. The number of hydrogen-bond acceptors (Lipinski definition) is 4. The Morgan fingerprint density at radius 2 is 1.78 bits per heavy atom. The standard InChI is InChI=1S/C14H32N4/c1-4-17(5-2)12-9-16-14(13-15)7-10-18(6-3)11-8-14/h16H,4-13,15H2,1-3H3. The molecule has 108 valence electrons. The molecule has 3 N–H and O–H groups in total. The summed E-state index contributed by atoms with van der Waals surface area (Å²) in [4.78, 5) is 4.97. The highest BCUT2D eigenvalue weighted by Gasteiger charge is 2.32. The number of likely N-dealkylation sites (N-methyl/N-ethyl adjacent to an activating group) is 1. The Labute approximate surface area is 113 Å². The lowest BCUT2D eigenvalue weighted by atomic mass is 9.87. The van der Waals surface area contributed by atoms with E-state index in [1.807, 2.05) is 0 Å². The molecule has 0 saturated carbocycles. The van der Waals surface area contributed by atoms with Crippen LogP contribution in [0, 0.1) is 0 Å². The fourth-order valence-corrected chi connectivity index (χ4v) is 2.77. The number of nitrogens with zero attached hydrogens (tertiary/aromatic N) is 2. The molecule has 0 unspecified atom stereocenters. The van der Waals surface area contributed by atoms with Crippen molar-refractivity contribution in [3.8, 4) is 0 Å². The lowest BCUT2D eigenvalue weighted by Gasteiger charge is -2.42. The monoisotopic (exact) mass is 256 g/mol. The fourth-order valence-electron chi connectivity index (χ4n) is 2.77. The van der Waals surface area contributed by atoms with Gasteiger partial charge in [0.05, 0.1) is 0 Å². The summed E-state index contributed by atoms with van der Waals surface area (Å²) in [7, 11) is 0. The average Bonchev–Trinajstić information content (AvgIpc) is 2.44. The summed E-state index contributed by atoms with van der Waals surface area (Å²) < 4.78 is 0. The predicted molar refractivity (Wildman–Crippen MR) is 78.9 cm³/mol. The average molecular weight is 256 g/mol. The van der Waals surface area contributed by atoms with Crippen molar-refractivity contribution in [2.45, 2.75) is 39.2 Å². The molecule has 1 aliphatic rings. The van der Waals surface area contributed by atoms with Crippen molar-refractivity contribution in [3.05, 3.63) is 0 Å². The second-order valence-electron chi connectivity index (χ2n) is 5.37. The molecular formula is C14H32N4. The second-order valence-corrected chi connectivity index (χ2v) is 5.37. The number of likely N-dealkylation sites (tertiary alicyclic amines) is 1. The van der Waals surface area contributed by atoms with Crippen LogP contribution in [0.25, 0.3) is 0 Å².